The molecule has 0 aromatic heterocycles. The van der Waals surface area contributed by atoms with Crippen molar-refractivity contribution in [1.82, 2.24) is 19.6 Å². The van der Waals surface area contributed by atoms with Gasteiger partial charge < -0.3 is 34.0 Å². The van der Waals surface area contributed by atoms with Crippen molar-refractivity contribution in [2.45, 2.75) is 63.5 Å². The minimum Gasteiger partial charge on any atom is -0.456 e. The summed E-state index contributed by atoms with van der Waals surface area (Å²) in [5.74, 6) is -2.31. The van der Waals surface area contributed by atoms with Crippen LogP contribution in [0, 0.1) is 42.2 Å². The van der Waals surface area contributed by atoms with E-state index in [0.717, 1.165) is 0 Å². The fourth-order valence-electron chi connectivity index (χ4n) is 8.44. The van der Waals surface area contributed by atoms with Crippen LogP contribution in [0.2, 0.25) is 0 Å². The summed E-state index contributed by atoms with van der Waals surface area (Å²) in [6.45, 7) is 5.16. The van der Waals surface area contributed by atoms with Gasteiger partial charge >= 0.3 is 18.2 Å². The number of β-lactam (4-membered cyclic amide) rings is 1. The van der Waals surface area contributed by atoms with E-state index in [9.17, 15) is 54.6 Å². The number of rotatable bonds is 15. The average molecular weight is 904 g/mol. The van der Waals surface area contributed by atoms with Crippen molar-refractivity contribution in [3.05, 3.63) is 130 Å². The predicted molar refractivity (Wildman–Crippen MR) is 226 cm³/mol. The highest BCUT2D eigenvalue weighted by atomic mass is 32.2. The first-order valence-corrected chi connectivity index (χ1v) is 21.3. The Labute approximate surface area is 369 Å². The summed E-state index contributed by atoms with van der Waals surface area (Å²) in [6.07, 6.45) is -1.68. The molecule has 4 aliphatic heterocycles. The Morgan fingerprint density at radius 1 is 0.750 bits per heavy atom. The number of hydrogen-bond acceptors (Lipinski definition) is 16. The largest absolute Gasteiger partial charge is 0.456 e. The molecule has 0 unspecified atom stereocenters. The summed E-state index contributed by atoms with van der Waals surface area (Å²) >= 11 is 1.36. The lowest BCUT2D eigenvalue weighted by Crippen LogP contribution is -2.63. The molecule has 0 radical (unpaired) electrons. The van der Waals surface area contributed by atoms with Gasteiger partial charge in [-0.05, 0) is 66.4 Å². The van der Waals surface area contributed by atoms with Gasteiger partial charge in [-0.25, -0.2) is 14.4 Å². The number of hydrogen-bond donors (Lipinski definition) is 1. The summed E-state index contributed by atoms with van der Waals surface area (Å²) in [5, 5.41) is 43.5. The SMILES string of the molecule is C[C@@H](O)[C@H]1C(=O)N2C(C(=O)OCc3ccc([N+](=O)[O-])cc3)=C(S[C@H]3C[C@@H](CN4CCN(C(=O)OCc5ccc([N+](=O)[O-])cc5)CC4)N(C(=O)OCc4ccc([N+](=O)[O-])cc4)C3)[C@H](C)[C@H]12. The maximum Gasteiger partial charge on any atom is 0.410 e. The fraction of sp³-hybridized carbons (Fsp3) is 0.429. The van der Waals surface area contributed by atoms with Gasteiger partial charge in [0.15, 0.2) is 0 Å². The molecule has 0 spiro atoms. The number of esters is 1. The topological polar surface area (TPSA) is 259 Å². The molecule has 4 heterocycles. The van der Waals surface area contributed by atoms with Crippen molar-refractivity contribution < 1.29 is 53.3 Å². The molecule has 3 fully saturated rings. The van der Waals surface area contributed by atoms with Gasteiger partial charge in [0.05, 0.1) is 32.8 Å². The van der Waals surface area contributed by atoms with Gasteiger partial charge in [-0.1, -0.05) is 6.92 Å². The van der Waals surface area contributed by atoms with Crippen molar-refractivity contribution in [2.24, 2.45) is 11.8 Å². The fourth-order valence-corrected chi connectivity index (χ4v) is 10.00. The minimum absolute atomic E-state index is 0.0543. The highest BCUT2D eigenvalue weighted by Crippen LogP contribution is 2.52. The lowest BCUT2D eigenvalue weighted by molar-refractivity contribution is -0.385. The molecule has 22 heteroatoms. The zero-order chi connectivity index (χ0) is 45.8. The molecule has 338 valence electrons. The number of piperazine rings is 1. The lowest BCUT2D eigenvalue weighted by atomic mass is 9.79. The molecule has 3 amide bonds. The molecule has 1 N–H and O–H groups in total. The van der Waals surface area contributed by atoms with E-state index in [1.807, 2.05) is 6.92 Å². The quantitative estimate of drug-likeness (QED) is 0.0692. The monoisotopic (exact) mass is 903 g/mol. The number of fused-ring (bicyclic) bond motifs is 1. The number of benzene rings is 3. The smallest absolute Gasteiger partial charge is 0.410 e. The second-order valence-corrected chi connectivity index (χ2v) is 17.3. The predicted octanol–water partition coefficient (Wildman–Crippen LogP) is 4.99. The number of nitro groups is 3. The van der Waals surface area contributed by atoms with E-state index >= 15 is 0 Å². The summed E-state index contributed by atoms with van der Waals surface area (Å²) in [5.41, 5.74) is 1.38. The number of aliphatic hydroxyl groups is 1. The third kappa shape index (κ3) is 9.92. The molecular weight excluding hydrogens is 859 g/mol. The van der Waals surface area contributed by atoms with E-state index < -0.39 is 56.9 Å². The number of carbonyl (C=O) groups is 4. The van der Waals surface area contributed by atoms with Crippen LogP contribution in [-0.4, -0.2) is 126 Å². The number of thioether (sulfide) groups is 1. The number of amides is 3. The second-order valence-electron chi connectivity index (χ2n) is 16.0. The van der Waals surface area contributed by atoms with Crippen molar-refractivity contribution in [2.75, 3.05) is 39.3 Å². The molecule has 6 atom stereocenters. The Hall–Kier alpha value is -6.65. The van der Waals surface area contributed by atoms with Gasteiger partial charge in [-0.2, -0.15) is 0 Å². The van der Waals surface area contributed by atoms with Crippen LogP contribution in [0.1, 0.15) is 37.0 Å². The van der Waals surface area contributed by atoms with Gasteiger partial charge in [0.1, 0.15) is 25.5 Å². The van der Waals surface area contributed by atoms with E-state index in [1.54, 1.807) is 9.80 Å². The van der Waals surface area contributed by atoms with Crippen LogP contribution in [0.4, 0.5) is 26.7 Å². The first-order chi connectivity index (χ1) is 30.6. The van der Waals surface area contributed by atoms with Crippen molar-refractivity contribution in [3.63, 3.8) is 0 Å². The summed E-state index contributed by atoms with van der Waals surface area (Å²) in [6, 6.07) is 16.0. The lowest BCUT2D eigenvalue weighted by Gasteiger charge is -2.46. The highest BCUT2D eigenvalue weighted by Gasteiger charge is 2.60. The normalized spacial score (nSPS) is 22.4. The van der Waals surface area contributed by atoms with Gasteiger partial charge in [0.2, 0.25) is 5.91 Å². The van der Waals surface area contributed by atoms with Crippen LogP contribution >= 0.6 is 11.8 Å². The molecule has 3 aromatic carbocycles. The van der Waals surface area contributed by atoms with E-state index in [-0.39, 0.29) is 66.3 Å². The molecule has 21 nitrogen and oxygen atoms in total. The molecule has 0 saturated carbocycles. The Bertz CT molecular complexity index is 2320. The minimum atomic E-state index is -0.979. The van der Waals surface area contributed by atoms with Crippen molar-refractivity contribution in [3.8, 4) is 0 Å². The van der Waals surface area contributed by atoms with Gasteiger partial charge in [0, 0.05) is 97.8 Å². The van der Waals surface area contributed by atoms with Crippen LogP contribution < -0.4 is 0 Å². The Morgan fingerprint density at radius 2 is 1.22 bits per heavy atom. The van der Waals surface area contributed by atoms with Gasteiger partial charge in [-0.15, -0.1) is 11.8 Å². The molecular formula is C42H45N7O14S. The first kappa shape index (κ1) is 45.4. The Balaban J connectivity index is 1.04. The van der Waals surface area contributed by atoms with Crippen LogP contribution in [0.15, 0.2) is 83.4 Å². The average Bonchev–Trinajstić information content (AvgIpc) is 3.79. The molecule has 64 heavy (non-hydrogen) atoms. The van der Waals surface area contributed by atoms with Crippen LogP contribution in [-0.2, 0) is 43.6 Å². The first-order valence-electron chi connectivity index (χ1n) is 20.5. The van der Waals surface area contributed by atoms with Crippen LogP contribution in [0.25, 0.3) is 0 Å². The van der Waals surface area contributed by atoms with E-state index in [4.69, 9.17) is 14.2 Å². The number of ether oxygens (including phenoxy) is 3. The number of carbonyl (C=O) groups excluding carboxylic acids is 4. The molecule has 3 saturated heterocycles. The standard InChI is InChI=1S/C42H45N7O14S/c1-25-36-35(26(2)50)39(51)46(36)37(40(52)61-22-27-3-9-30(10-4-27)47(55)56)38(25)64-34-19-33(45(21-34)42(54)63-24-29-7-13-32(14-8-29)49(59)60)20-43-15-17-44(18-16-43)41(53)62-23-28-5-11-31(12-6-28)48(57)58/h3-14,25-26,33-36,50H,15-24H2,1-2H3/t25-,26-,33+,34+,35-,36-/m1/s1. The summed E-state index contributed by atoms with van der Waals surface area (Å²) < 4.78 is 16.9. The third-order valence-electron chi connectivity index (χ3n) is 11.8. The van der Waals surface area contributed by atoms with Gasteiger partial charge in [-0.3, -0.25) is 40.0 Å². The summed E-state index contributed by atoms with van der Waals surface area (Å²) in [4.78, 5) is 93.0. The van der Waals surface area contributed by atoms with Gasteiger partial charge in [0.25, 0.3) is 17.1 Å². The van der Waals surface area contributed by atoms with Crippen molar-refractivity contribution in [1.29, 1.82) is 0 Å². The van der Waals surface area contributed by atoms with E-state index in [2.05, 4.69) is 4.90 Å². The Kier molecular flexibility index (Phi) is 13.7. The zero-order valence-corrected chi connectivity index (χ0v) is 35.6. The number of aliphatic hydroxyl groups excluding tert-OH is 1. The van der Waals surface area contributed by atoms with E-state index in [0.29, 0.717) is 60.7 Å². The maximum atomic E-state index is 13.9. The van der Waals surface area contributed by atoms with Crippen LogP contribution in [0.3, 0.4) is 0 Å². The molecule has 4 aliphatic rings. The number of nitro benzene ring substituents is 3. The molecule has 3 aromatic rings. The van der Waals surface area contributed by atoms with E-state index in [1.165, 1.54) is 96.4 Å². The number of likely N-dealkylation sites (tertiary alicyclic amines) is 1. The molecule has 0 aliphatic carbocycles. The number of nitrogens with zero attached hydrogens (tertiary/aromatic N) is 7. The molecule has 7 rings (SSSR count). The van der Waals surface area contributed by atoms with Crippen molar-refractivity contribution >= 4 is 52.9 Å². The summed E-state index contributed by atoms with van der Waals surface area (Å²) in [7, 11) is 0. The van der Waals surface area contributed by atoms with Crippen LogP contribution in [0.5, 0.6) is 0 Å². The Morgan fingerprint density at radius 3 is 1.69 bits per heavy atom. The third-order valence-corrected chi connectivity index (χ3v) is 13.3. The number of non-ortho nitro benzene ring substituents is 3. The maximum absolute atomic E-state index is 13.9. The highest BCUT2D eigenvalue weighted by molar-refractivity contribution is 8.03. The second kappa shape index (κ2) is 19.4. The zero-order valence-electron chi connectivity index (χ0n) is 34.8. The molecule has 0 bridgehead atoms.